The lowest BCUT2D eigenvalue weighted by atomic mass is 10.0. The number of carbonyl (C=O) groups excluding carboxylic acids is 3. The van der Waals surface area contributed by atoms with Gasteiger partial charge in [-0.2, -0.15) is 0 Å². The standard InChI is InChI=1S/C14H18O5.C12H14O5/c1-3-19-14(18)6-4-5-11(15)10-7-9(2)12(16)8-13(10)17;1-7-5-8(11(15)6-10(7)14)9(13)3-2-4-12(16)17/h7-8,16-17H,3-6H2,1-2H3;5-6,14-15H,2-4H2,1H3,(H,16,17). The van der Waals surface area contributed by atoms with Crippen LogP contribution in [0.15, 0.2) is 24.3 Å². The summed E-state index contributed by atoms with van der Waals surface area (Å²) in [4.78, 5) is 45.0. The van der Waals surface area contributed by atoms with Crippen molar-refractivity contribution in [2.24, 2.45) is 0 Å². The highest BCUT2D eigenvalue weighted by molar-refractivity contribution is 5.99. The van der Waals surface area contributed by atoms with Gasteiger partial charge in [0.2, 0.25) is 0 Å². The molecule has 0 amide bonds. The largest absolute Gasteiger partial charge is 0.508 e. The number of carboxylic acids is 1. The predicted octanol–water partition coefficient (Wildman–Crippen LogP) is 4.17. The molecule has 0 bridgehead atoms. The topological polar surface area (TPSA) is 179 Å². The van der Waals surface area contributed by atoms with Crippen LogP contribution >= 0.6 is 0 Å². The molecule has 0 aliphatic rings. The number of Topliss-reactive ketones (excluding diaryl/α,β-unsaturated/α-hetero) is 2. The molecule has 0 atom stereocenters. The first-order valence-corrected chi connectivity index (χ1v) is 11.4. The third-order valence-electron chi connectivity index (χ3n) is 5.11. The molecule has 0 spiro atoms. The lowest BCUT2D eigenvalue weighted by Crippen LogP contribution is -2.06. The van der Waals surface area contributed by atoms with Crippen molar-refractivity contribution in [2.45, 2.75) is 59.3 Å². The summed E-state index contributed by atoms with van der Waals surface area (Å²) in [5.74, 6) is -2.54. The van der Waals surface area contributed by atoms with Crippen LogP contribution in [0.5, 0.6) is 23.0 Å². The van der Waals surface area contributed by atoms with E-state index in [1.54, 1.807) is 20.8 Å². The third kappa shape index (κ3) is 9.65. The zero-order chi connectivity index (χ0) is 27.4. The number of ether oxygens (including phenoxy) is 1. The van der Waals surface area contributed by atoms with Gasteiger partial charge in [0, 0.05) is 37.8 Å². The van der Waals surface area contributed by atoms with Gasteiger partial charge < -0.3 is 30.3 Å². The van der Waals surface area contributed by atoms with Crippen molar-refractivity contribution in [1.29, 1.82) is 0 Å². The van der Waals surface area contributed by atoms with E-state index in [-0.39, 0.29) is 83.8 Å². The van der Waals surface area contributed by atoms with Gasteiger partial charge in [0.1, 0.15) is 23.0 Å². The van der Waals surface area contributed by atoms with Gasteiger partial charge in [-0.25, -0.2) is 0 Å². The van der Waals surface area contributed by atoms with Crippen molar-refractivity contribution in [2.75, 3.05) is 6.61 Å². The summed E-state index contributed by atoms with van der Waals surface area (Å²) in [6.07, 6.45) is 0.909. The van der Waals surface area contributed by atoms with Gasteiger partial charge in [-0.05, 0) is 56.9 Å². The summed E-state index contributed by atoms with van der Waals surface area (Å²) in [6, 6.07) is 5.10. The Labute approximate surface area is 208 Å². The van der Waals surface area contributed by atoms with E-state index in [0.717, 1.165) is 12.1 Å². The maximum atomic E-state index is 11.9. The lowest BCUT2D eigenvalue weighted by molar-refractivity contribution is -0.143. The van der Waals surface area contributed by atoms with Crippen molar-refractivity contribution >= 4 is 23.5 Å². The summed E-state index contributed by atoms with van der Waals surface area (Å²) >= 11 is 0. The third-order valence-corrected chi connectivity index (χ3v) is 5.11. The van der Waals surface area contributed by atoms with Gasteiger partial charge in [-0.15, -0.1) is 0 Å². The van der Waals surface area contributed by atoms with Crippen LogP contribution < -0.4 is 0 Å². The van der Waals surface area contributed by atoms with Crippen LogP contribution in [0.3, 0.4) is 0 Å². The van der Waals surface area contributed by atoms with Crippen molar-refractivity contribution in [1.82, 2.24) is 0 Å². The molecular formula is C26H32O10. The lowest BCUT2D eigenvalue weighted by Gasteiger charge is -2.07. The molecule has 0 aromatic heterocycles. The van der Waals surface area contributed by atoms with Crippen LogP contribution in [0.25, 0.3) is 0 Å². The molecular weight excluding hydrogens is 472 g/mol. The van der Waals surface area contributed by atoms with Crippen molar-refractivity contribution in [3.05, 3.63) is 46.5 Å². The molecule has 0 fully saturated rings. The average molecular weight is 505 g/mol. The molecule has 0 radical (unpaired) electrons. The molecule has 2 aromatic rings. The van der Waals surface area contributed by atoms with E-state index in [1.165, 1.54) is 12.1 Å². The number of phenols is 4. The van der Waals surface area contributed by atoms with Crippen molar-refractivity contribution in [3.63, 3.8) is 0 Å². The molecule has 196 valence electrons. The minimum atomic E-state index is -0.955. The molecule has 5 N–H and O–H groups in total. The fourth-order valence-corrected chi connectivity index (χ4v) is 3.11. The highest BCUT2D eigenvalue weighted by atomic mass is 16.5. The van der Waals surface area contributed by atoms with E-state index in [9.17, 15) is 39.6 Å². The molecule has 0 saturated heterocycles. The first-order chi connectivity index (χ1) is 16.9. The number of phenolic OH excluding ortho intramolecular Hbond substituents is 4. The van der Waals surface area contributed by atoms with Crippen molar-refractivity contribution < 1.29 is 49.4 Å². The van der Waals surface area contributed by atoms with Crippen LogP contribution in [0.1, 0.15) is 77.3 Å². The van der Waals surface area contributed by atoms with Gasteiger partial charge in [-0.3, -0.25) is 19.2 Å². The molecule has 0 heterocycles. The number of aryl methyl sites for hydroxylation is 2. The Bertz CT molecular complexity index is 1100. The van der Waals surface area contributed by atoms with Crippen molar-refractivity contribution in [3.8, 4) is 23.0 Å². The number of carboxylic acid groups (broad SMARTS) is 1. The number of esters is 1. The fraction of sp³-hybridized carbons (Fsp3) is 0.385. The molecule has 2 rings (SSSR count). The van der Waals surface area contributed by atoms with Crippen LogP contribution in [0.4, 0.5) is 0 Å². The predicted molar refractivity (Wildman–Crippen MR) is 130 cm³/mol. The monoisotopic (exact) mass is 504 g/mol. The molecule has 0 saturated carbocycles. The molecule has 0 aliphatic heterocycles. The van der Waals surface area contributed by atoms with Gasteiger partial charge in [0.05, 0.1) is 17.7 Å². The van der Waals surface area contributed by atoms with E-state index in [4.69, 9.17) is 9.84 Å². The molecule has 36 heavy (non-hydrogen) atoms. The van der Waals surface area contributed by atoms with E-state index in [1.807, 2.05) is 0 Å². The first kappa shape index (κ1) is 30.0. The molecule has 0 unspecified atom stereocenters. The van der Waals surface area contributed by atoms with E-state index in [2.05, 4.69) is 0 Å². The minimum absolute atomic E-state index is 0.0550. The number of rotatable bonds is 11. The quantitative estimate of drug-likeness (QED) is 0.220. The Morgan fingerprint density at radius 1 is 0.667 bits per heavy atom. The second kappa shape index (κ2) is 14.3. The number of aliphatic carboxylic acids is 1. The second-order valence-corrected chi connectivity index (χ2v) is 8.06. The zero-order valence-corrected chi connectivity index (χ0v) is 20.5. The second-order valence-electron chi connectivity index (χ2n) is 8.06. The number of hydrogen-bond acceptors (Lipinski definition) is 9. The molecule has 10 heteroatoms. The molecule has 10 nitrogen and oxygen atoms in total. The Morgan fingerprint density at radius 2 is 1.08 bits per heavy atom. The maximum Gasteiger partial charge on any atom is 0.305 e. The van der Waals surface area contributed by atoms with E-state index >= 15 is 0 Å². The smallest absolute Gasteiger partial charge is 0.305 e. The minimum Gasteiger partial charge on any atom is -0.508 e. The fourth-order valence-electron chi connectivity index (χ4n) is 3.11. The van der Waals surface area contributed by atoms with Gasteiger partial charge >= 0.3 is 11.9 Å². The number of hydrogen-bond donors (Lipinski definition) is 5. The SMILES string of the molecule is CCOC(=O)CCCC(=O)c1cc(C)c(O)cc1O.Cc1cc(C(=O)CCCC(=O)O)c(O)cc1O. The van der Waals surface area contributed by atoms with Crippen LogP contribution in [0, 0.1) is 13.8 Å². The number of ketones is 2. The average Bonchev–Trinajstić information content (AvgIpc) is 2.79. The molecule has 2 aromatic carbocycles. The first-order valence-electron chi connectivity index (χ1n) is 11.4. The number of aromatic hydroxyl groups is 4. The summed E-state index contributed by atoms with van der Waals surface area (Å²) in [5.41, 5.74) is 1.29. The number of carbonyl (C=O) groups is 4. The summed E-state index contributed by atoms with van der Waals surface area (Å²) in [7, 11) is 0. The van der Waals surface area contributed by atoms with Gasteiger partial charge in [-0.1, -0.05) is 0 Å². The Kier molecular flexibility index (Phi) is 11.9. The highest BCUT2D eigenvalue weighted by Gasteiger charge is 2.15. The summed E-state index contributed by atoms with van der Waals surface area (Å²) in [5, 5.41) is 46.2. The van der Waals surface area contributed by atoms with Gasteiger partial charge in [0.15, 0.2) is 11.6 Å². The Balaban J connectivity index is 0.000000362. The van der Waals surface area contributed by atoms with Crippen LogP contribution in [0.2, 0.25) is 0 Å². The summed E-state index contributed by atoms with van der Waals surface area (Å²) < 4.78 is 4.76. The van der Waals surface area contributed by atoms with E-state index in [0.29, 0.717) is 24.2 Å². The normalized spacial score (nSPS) is 10.2. The summed E-state index contributed by atoms with van der Waals surface area (Å²) in [6.45, 7) is 5.30. The Morgan fingerprint density at radius 3 is 1.47 bits per heavy atom. The maximum absolute atomic E-state index is 11.9. The molecule has 0 aliphatic carbocycles. The van der Waals surface area contributed by atoms with Crippen LogP contribution in [-0.2, 0) is 14.3 Å². The Hall–Kier alpha value is -4.08. The van der Waals surface area contributed by atoms with Gasteiger partial charge in [0.25, 0.3) is 0 Å². The highest BCUT2D eigenvalue weighted by Crippen LogP contribution is 2.29. The van der Waals surface area contributed by atoms with Crippen LogP contribution in [-0.4, -0.2) is 55.6 Å². The van der Waals surface area contributed by atoms with E-state index < -0.39 is 5.97 Å². The number of benzene rings is 2. The zero-order valence-electron chi connectivity index (χ0n) is 20.5.